The van der Waals surface area contributed by atoms with Gasteiger partial charge in [-0.05, 0) is 38.0 Å². The van der Waals surface area contributed by atoms with Gasteiger partial charge in [0.15, 0.2) is 6.10 Å². The second-order valence-corrected chi connectivity index (χ2v) is 5.55. The maximum Gasteiger partial charge on any atom is 0.375 e. The summed E-state index contributed by atoms with van der Waals surface area (Å²) in [5.41, 5.74) is 0. The van der Waals surface area contributed by atoms with E-state index in [9.17, 15) is 9.59 Å². The number of rotatable bonds is 5. The van der Waals surface area contributed by atoms with Crippen LogP contribution in [-0.4, -0.2) is 45.8 Å². The fraction of sp³-hybridized carbons (Fsp3) is 0.438. The van der Waals surface area contributed by atoms with E-state index in [1.807, 2.05) is 6.07 Å². The minimum atomic E-state index is -0.805. The third-order valence-corrected chi connectivity index (χ3v) is 3.79. The zero-order chi connectivity index (χ0) is 16.2. The van der Waals surface area contributed by atoms with Crippen LogP contribution in [0, 0.1) is 0 Å². The van der Waals surface area contributed by atoms with Crippen LogP contribution in [0.25, 0.3) is 0 Å². The second kappa shape index (κ2) is 6.68. The van der Waals surface area contributed by atoms with Crippen molar-refractivity contribution in [2.24, 2.45) is 0 Å². The molecule has 0 N–H and O–H groups in total. The summed E-state index contributed by atoms with van der Waals surface area (Å²) in [4.78, 5) is 25.9. The Balaban J connectivity index is 1.57. The van der Waals surface area contributed by atoms with Crippen LogP contribution in [0.3, 0.4) is 0 Å². The van der Waals surface area contributed by atoms with Gasteiger partial charge in [0.2, 0.25) is 5.76 Å². The second-order valence-electron chi connectivity index (χ2n) is 5.55. The fourth-order valence-electron chi connectivity index (χ4n) is 2.59. The van der Waals surface area contributed by atoms with Crippen molar-refractivity contribution >= 4 is 11.9 Å². The molecule has 1 fully saturated rings. The molecule has 0 radical (unpaired) electrons. The number of aromatic nitrogens is 2. The highest BCUT2D eigenvalue weighted by Crippen LogP contribution is 2.14. The number of likely N-dealkylation sites (tertiary alicyclic amines) is 1. The summed E-state index contributed by atoms with van der Waals surface area (Å²) in [5.74, 6) is -0.0941. The number of carbonyl (C=O) groups is 2. The molecule has 7 nitrogen and oxygen atoms in total. The largest absolute Gasteiger partial charge is 0.452 e. The lowest BCUT2D eigenvalue weighted by Gasteiger charge is -2.19. The van der Waals surface area contributed by atoms with Crippen molar-refractivity contribution < 1.29 is 18.7 Å². The first kappa shape index (κ1) is 15.3. The maximum atomic E-state index is 12.1. The third-order valence-electron chi connectivity index (χ3n) is 3.79. The number of hydrogen-bond donors (Lipinski definition) is 0. The average Bonchev–Trinajstić information content (AvgIpc) is 3.29. The van der Waals surface area contributed by atoms with E-state index < -0.39 is 12.1 Å². The van der Waals surface area contributed by atoms with Crippen LogP contribution in [-0.2, 0) is 16.1 Å². The summed E-state index contributed by atoms with van der Waals surface area (Å²) in [7, 11) is 0. The number of ether oxygens (including phenoxy) is 1. The molecule has 7 heteroatoms. The van der Waals surface area contributed by atoms with E-state index >= 15 is 0 Å². The van der Waals surface area contributed by atoms with Gasteiger partial charge in [-0.25, -0.2) is 4.79 Å². The summed E-state index contributed by atoms with van der Waals surface area (Å²) < 4.78 is 12.4. The number of furan rings is 1. The maximum absolute atomic E-state index is 12.1. The predicted octanol–water partition coefficient (Wildman–Crippen LogP) is 1.69. The van der Waals surface area contributed by atoms with Gasteiger partial charge in [0.1, 0.15) is 5.76 Å². The molecule has 2 aromatic rings. The van der Waals surface area contributed by atoms with Crippen molar-refractivity contribution in [1.82, 2.24) is 14.7 Å². The SMILES string of the molecule is CC(OC(=O)c1ccc(Cn2cccn2)o1)C(=O)N1CCCC1. The van der Waals surface area contributed by atoms with Crippen molar-refractivity contribution in [3.8, 4) is 0 Å². The highest BCUT2D eigenvalue weighted by atomic mass is 16.6. The van der Waals surface area contributed by atoms with E-state index in [4.69, 9.17) is 9.15 Å². The number of esters is 1. The lowest BCUT2D eigenvalue weighted by atomic mass is 10.3. The number of hydrogen-bond acceptors (Lipinski definition) is 5. The summed E-state index contributed by atoms with van der Waals surface area (Å²) in [6, 6.07) is 5.06. The van der Waals surface area contributed by atoms with Crippen molar-refractivity contribution in [3.05, 3.63) is 42.1 Å². The van der Waals surface area contributed by atoms with Crippen LogP contribution < -0.4 is 0 Å². The van der Waals surface area contributed by atoms with Crippen molar-refractivity contribution in [3.63, 3.8) is 0 Å². The molecule has 0 aliphatic carbocycles. The van der Waals surface area contributed by atoms with E-state index in [-0.39, 0.29) is 11.7 Å². The van der Waals surface area contributed by atoms with Gasteiger partial charge in [-0.1, -0.05) is 0 Å². The zero-order valence-corrected chi connectivity index (χ0v) is 13.0. The van der Waals surface area contributed by atoms with Crippen molar-refractivity contribution in [2.45, 2.75) is 32.4 Å². The average molecular weight is 317 g/mol. The van der Waals surface area contributed by atoms with E-state index in [0.29, 0.717) is 12.3 Å². The monoisotopic (exact) mass is 317 g/mol. The van der Waals surface area contributed by atoms with Crippen LogP contribution >= 0.6 is 0 Å². The summed E-state index contributed by atoms with van der Waals surface area (Å²) in [6.07, 6.45) is 4.67. The quantitative estimate of drug-likeness (QED) is 0.784. The molecule has 3 heterocycles. The first-order valence-corrected chi connectivity index (χ1v) is 7.69. The molecule has 1 aliphatic heterocycles. The van der Waals surface area contributed by atoms with Crippen LogP contribution in [0.1, 0.15) is 36.1 Å². The number of amides is 1. The molecule has 1 aliphatic rings. The smallest absolute Gasteiger partial charge is 0.375 e. The normalized spacial score (nSPS) is 15.6. The Morgan fingerprint density at radius 2 is 2.13 bits per heavy atom. The molecule has 0 saturated carbocycles. The minimum Gasteiger partial charge on any atom is -0.452 e. The summed E-state index contributed by atoms with van der Waals surface area (Å²) in [6.45, 7) is 3.49. The summed E-state index contributed by atoms with van der Waals surface area (Å²) in [5, 5.41) is 4.07. The number of nitrogens with zero attached hydrogens (tertiary/aromatic N) is 3. The van der Waals surface area contributed by atoms with Crippen LogP contribution in [0.5, 0.6) is 0 Å². The van der Waals surface area contributed by atoms with Gasteiger partial charge in [0, 0.05) is 25.5 Å². The molecule has 1 saturated heterocycles. The van der Waals surface area contributed by atoms with Gasteiger partial charge in [0.25, 0.3) is 5.91 Å². The van der Waals surface area contributed by atoms with Crippen LogP contribution in [0.4, 0.5) is 0 Å². The highest BCUT2D eigenvalue weighted by molar-refractivity contribution is 5.90. The van der Waals surface area contributed by atoms with Gasteiger partial charge in [-0.15, -0.1) is 0 Å². The van der Waals surface area contributed by atoms with Crippen molar-refractivity contribution in [2.75, 3.05) is 13.1 Å². The lowest BCUT2D eigenvalue weighted by molar-refractivity contribution is -0.138. The molecular weight excluding hydrogens is 298 g/mol. The standard InChI is InChI=1S/C16H19N3O4/c1-12(15(20)18-8-2-3-9-18)22-16(21)14-6-5-13(23-14)11-19-10-4-7-17-19/h4-7,10,12H,2-3,8-9,11H2,1H3. The van der Waals surface area contributed by atoms with Gasteiger partial charge in [-0.2, -0.15) is 5.10 Å². The molecule has 2 aromatic heterocycles. The third kappa shape index (κ3) is 3.61. The van der Waals surface area contributed by atoms with Crippen molar-refractivity contribution in [1.29, 1.82) is 0 Å². The van der Waals surface area contributed by atoms with E-state index in [2.05, 4.69) is 5.10 Å². The minimum absolute atomic E-state index is 0.0910. The first-order chi connectivity index (χ1) is 11.1. The predicted molar refractivity (Wildman–Crippen MR) is 80.7 cm³/mol. The Bertz CT molecular complexity index is 671. The molecule has 1 amide bonds. The Hall–Kier alpha value is -2.57. The summed E-state index contributed by atoms with van der Waals surface area (Å²) >= 11 is 0. The number of carbonyl (C=O) groups excluding carboxylic acids is 2. The molecule has 0 spiro atoms. The van der Waals surface area contributed by atoms with Gasteiger partial charge >= 0.3 is 5.97 Å². The van der Waals surface area contributed by atoms with E-state index in [1.54, 1.807) is 41.0 Å². The highest BCUT2D eigenvalue weighted by Gasteiger charge is 2.27. The van der Waals surface area contributed by atoms with Gasteiger partial charge < -0.3 is 14.1 Å². The van der Waals surface area contributed by atoms with Crippen LogP contribution in [0.15, 0.2) is 35.0 Å². The molecule has 0 aromatic carbocycles. The zero-order valence-electron chi connectivity index (χ0n) is 13.0. The molecule has 122 valence electrons. The van der Waals surface area contributed by atoms with E-state index in [1.165, 1.54) is 0 Å². The molecule has 1 unspecified atom stereocenters. The molecule has 23 heavy (non-hydrogen) atoms. The van der Waals surface area contributed by atoms with Gasteiger partial charge in [0.05, 0.1) is 6.54 Å². The van der Waals surface area contributed by atoms with Crippen LogP contribution in [0.2, 0.25) is 0 Å². The Morgan fingerprint density at radius 1 is 1.35 bits per heavy atom. The topological polar surface area (TPSA) is 77.6 Å². The Labute approximate surface area is 133 Å². The van der Waals surface area contributed by atoms with E-state index in [0.717, 1.165) is 25.9 Å². The first-order valence-electron chi connectivity index (χ1n) is 7.69. The molecule has 1 atom stereocenters. The Morgan fingerprint density at radius 3 is 2.83 bits per heavy atom. The fourth-order valence-corrected chi connectivity index (χ4v) is 2.59. The van der Waals surface area contributed by atoms with Gasteiger partial charge in [-0.3, -0.25) is 9.48 Å². The lowest BCUT2D eigenvalue weighted by Crippen LogP contribution is -2.38. The molecule has 3 rings (SSSR count). The molecule has 0 bridgehead atoms. The Kier molecular flexibility index (Phi) is 4.45. The molecular formula is C16H19N3O4.